The number of hydrogen-bond acceptors (Lipinski definition) is 4. The Hall–Kier alpha value is -0.610. The number of hydrogen-bond donors (Lipinski definition) is 2. The highest BCUT2D eigenvalue weighted by Crippen LogP contribution is 2.36. The standard InChI is InChI=1S/C23H44O4/c1-4-5-6-7-8-9-10-11-12-13-14-15-16-17-22(2,26)19-23(3)20(24)18-21(25)27-23/h20,24,26H,4-19H2,1-3H3/t20-,22-,23-/m0/s1. The van der Waals surface area contributed by atoms with E-state index in [9.17, 15) is 15.0 Å². The van der Waals surface area contributed by atoms with E-state index in [-0.39, 0.29) is 12.4 Å². The van der Waals surface area contributed by atoms with Crippen molar-refractivity contribution in [2.75, 3.05) is 0 Å². The molecule has 4 heteroatoms. The molecule has 1 aliphatic heterocycles. The molecule has 160 valence electrons. The van der Waals surface area contributed by atoms with Crippen LogP contribution in [-0.2, 0) is 9.53 Å². The van der Waals surface area contributed by atoms with Gasteiger partial charge >= 0.3 is 5.97 Å². The minimum absolute atomic E-state index is 0.0331. The summed E-state index contributed by atoms with van der Waals surface area (Å²) >= 11 is 0. The summed E-state index contributed by atoms with van der Waals surface area (Å²) < 4.78 is 5.27. The van der Waals surface area contributed by atoms with Gasteiger partial charge in [-0.25, -0.2) is 0 Å². The SMILES string of the molecule is CCCCCCCCCCCCCCC[C@](C)(O)C[C@]1(C)OC(=O)C[C@@H]1O. The van der Waals surface area contributed by atoms with Crippen LogP contribution < -0.4 is 0 Å². The van der Waals surface area contributed by atoms with E-state index in [1.165, 1.54) is 70.6 Å². The number of unbranched alkanes of at least 4 members (excludes halogenated alkanes) is 12. The Morgan fingerprint density at radius 1 is 0.963 bits per heavy atom. The summed E-state index contributed by atoms with van der Waals surface area (Å²) in [5, 5.41) is 20.6. The Balaban J connectivity index is 1.99. The smallest absolute Gasteiger partial charge is 0.309 e. The number of cyclic esters (lactones) is 1. The van der Waals surface area contributed by atoms with Gasteiger partial charge in [-0.2, -0.15) is 0 Å². The van der Waals surface area contributed by atoms with Crippen LogP contribution in [0.15, 0.2) is 0 Å². The maximum Gasteiger partial charge on any atom is 0.309 e. The molecule has 0 amide bonds. The van der Waals surface area contributed by atoms with Gasteiger partial charge in [0.15, 0.2) is 0 Å². The lowest BCUT2D eigenvalue weighted by Crippen LogP contribution is -2.44. The van der Waals surface area contributed by atoms with E-state index >= 15 is 0 Å². The van der Waals surface area contributed by atoms with Crippen LogP contribution >= 0.6 is 0 Å². The van der Waals surface area contributed by atoms with E-state index in [2.05, 4.69) is 6.92 Å². The molecule has 0 unspecified atom stereocenters. The number of rotatable bonds is 16. The van der Waals surface area contributed by atoms with Crippen LogP contribution in [0.3, 0.4) is 0 Å². The van der Waals surface area contributed by atoms with E-state index in [0.29, 0.717) is 12.8 Å². The van der Waals surface area contributed by atoms with Crippen LogP contribution in [-0.4, -0.2) is 33.5 Å². The Morgan fingerprint density at radius 2 is 1.41 bits per heavy atom. The minimum atomic E-state index is -0.947. The number of aliphatic hydroxyl groups excluding tert-OH is 1. The summed E-state index contributed by atoms with van der Waals surface area (Å²) in [6, 6.07) is 0. The monoisotopic (exact) mass is 384 g/mol. The molecular formula is C23H44O4. The molecule has 4 nitrogen and oxygen atoms in total. The van der Waals surface area contributed by atoms with Crippen molar-refractivity contribution in [1.82, 2.24) is 0 Å². The molecule has 3 atom stereocenters. The van der Waals surface area contributed by atoms with E-state index < -0.39 is 17.3 Å². The average Bonchev–Trinajstić information content (AvgIpc) is 2.82. The first-order chi connectivity index (χ1) is 12.8. The first-order valence-electron chi connectivity index (χ1n) is 11.4. The highest BCUT2D eigenvalue weighted by atomic mass is 16.6. The second-order valence-electron chi connectivity index (χ2n) is 9.17. The number of ether oxygens (including phenoxy) is 1. The van der Waals surface area contributed by atoms with Gasteiger partial charge in [-0.15, -0.1) is 0 Å². The fourth-order valence-electron chi connectivity index (χ4n) is 4.27. The largest absolute Gasteiger partial charge is 0.456 e. The van der Waals surface area contributed by atoms with Crippen molar-refractivity contribution in [3.8, 4) is 0 Å². The lowest BCUT2D eigenvalue weighted by molar-refractivity contribution is -0.155. The van der Waals surface area contributed by atoms with E-state index in [0.717, 1.165) is 12.8 Å². The zero-order valence-corrected chi connectivity index (χ0v) is 18.1. The molecule has 2 N–H and O–H groups in total. The molecule has 0 aromatic heterocycles. The maximum atomic E-state index is 11.4. The number of aliphatic hydroxyl groups is 2. The molecule has 0 aliphatic carbocycles. The summed E-state index contributed by atoms with van der Waals surface area (Å²) in [6.07, 6.45) is 17.2. The van der Waals surface area contributed by atoms with Crippen LogP contribution in [0.2, 0.25) is 0 Å². The second kappa shape index (κ2) is 12.8. The number of carbonyl (C=O) groups is 1. The van der Waals surface area contributed by atoms with E-state index in [1.54, 1.807) is 13.8 Å². The van der Waals surface area contributed by atoms with Gasteiger partial charge in [0.1, 0.15) is 11.7 Å². The van der Waals surface area contributed by atoms with Gasteiger partial charge in [-0.1, -0.05) is 90.4 Å². The fourth-order valence-corrected chi connectivity index (χ4v) is 4.27. The van der Waals surface area contributed by atoms with Crippen molar-refractivity contribution < 1.29 is 19.7 Å². The topological polar surface area (TPSA) is 66.8 Å². The maximum absolute atomic E-state index is 11.4. The predicted molar refractivity (Wildman–Crippen MR) is 111 cm³/mol. The van der Waals surface area contributed by atoms with Crippen LogP contribution in [0.1, 0.15) is 124 Å². The van der Waals surface area contributed by atoms with E-state index in [4.69, 9.17) is 4.74 Å². The van der Waals surface area contributed by atoms with Gasteiger partial charge in [0, 0.05) is 6.42 Å². The molecule has 0 radical (unpaired) electrons. The molecule has 0 bridgehead atoms. The van der Waals surface area contributed by atoms with Crippen LogP contribution in [0.5, 0.6) is 0 Å². The number of esters is 1. The van der Waals surface area contributed by atoms with Crippen molar-refractivity contribution in [2.24, 2.45) is 0 Å². The zero-order chi connectivity index (χ0) is 20.2. The first kappa shape index (κ1) is 24.4. The molecule has 0 saturated carbocycles. The van der Waals surface area contributed by atoms with Crippen molar-refractivity contribution in [2.45, 2.75) is 141 Å². The lowest BCUT2D eigenvalue weighted by Gasteiger charge is -2.34. The highest BCUT2D eigenvalue weighted by molar-refractivity contribution is 5.73. The van der Waals surface area contributed by atoms with Crippen molar-refractivity contribution in [3.05, 3.63) is 0 Å². The Labute approximate surface area is 167 Å². The third-order valence-electron chi connectivity index (χ3n) is 5.96. The Kier molecular flexibility index (Phi) is 11.6. The predicted octanol–water partition coefficient (Wildman–Crippen LogP) is 5.68. The van der Waals surface area contributed by atoms with Crippen molar-refractivity contribution in [3.63, 3.8) is 0 Å². The summed E-state index contributed by atoms with van der Waals surface area (Å²) in [6.45, 7) is 5.77. The highest BCUT2D eigenvalue weighted by Gasteiger charge is 2.48. The molecule has 0 aromatic rings. The van der Waals surface area contributed by atoms with Crippen LogP contribution in [0.25, 0.3) is 0 Å². The number of carbonyl (C=O) groups excluding carboxylic acids is 1. The quantitative estimate of drug-likeness (QED) is 0.265. The van der Waals surface area contributed by atoms with Gasteiger partial charge in [0.2, 0.25) is 0 Å². The van der Waals surface area contributed by atoms with Crippen molar-refractivity contribution in [1.29, 1.82) is 0 Å². The van der Waals surface area contributed by atoms with Gasteiger partial charge in [0.05, 0.1) is 12.0 Å². The average molecular weight is 385 g/mol. The second-order valence-corrected chi connectivity index (χ2v) is 9.17. The molecule has 1 saturated heterocycles. The molecule has 1 heterocycles. The first-order valence-corrected chi connectivity index (χ1v) is 11.4. The third kappa shape index (κ3) is 10.5. The summed E-state index contributed by atoms with van der Waals surface area (Å²) in [5.41, 5.74) is -1.85. The molecule has 1 fully saturated rings. The molecule has 0 spiro atoms. The van der Waals surface area contributed by atoms with Gasteiger partial charge < -0.3 is 14.9 Å². The summed E-state index contributed by atoms with van der Waals surface area (Å²) in [7, 11) is 0. The van der Waals surface area contributed by atoms with Gasteiger partial charge in [-0.3, -0.25) is 4.79 Å². The Morgan fingerprint density at radius 3 is 1.81 bits per heavy atom. The summed E-state index contributed by atoms with van der Waals surface area (Å²) in [4.78, 5) is 11.4. The normalized spacial score (nSPS) is 24.8. The fraction of sp³-hybridized carbons (Fsp3) is 0.957. The Bertz CT molecular complexity index is 407. The van der Waals surface area contributed by atoms with Crippen LogP contribution in [0, 0.1) is 0 Å². The molecule has 27 heavy (non-hydrogen) atoms. The lowest BCUT2D eigenvalue weighted by atomic mass is 9.83. The van der Waals surface area contributed by atoms with E-state index in [1.807, 2.05) is 0 Å². The van der Waals surface area contributed by atoms with Gasteiger partial charge in [0.25, 0.3) is 0 Å². The summed E-state index contributed by atoms with van der Waals surface area (Å²) in [5.74, 6) is -0.373. The zero-order valence-electron chi connectivity index (χ0n) is 18.1. The molecule has 0 aromatic carbocycles. The minimum Gasteiger partial charge on any atom is -0.456 e. The molecule has 1 aliphatic rings. The van der Waals surface area contributed by atoms with Crippen LogP contribution in [0.4, 0.5) is 0 Å². The molecule has 1 rings (SSSR count). The van der Waals surface area contributed by atoms with Gasteiger partial charge in [-0.05, 0) is 20.3 Å². The molecular weight excluding hydrogens is 340 g/mol. The third-order valence-corrected chi connectivity index (χ3v) is 5.96. The van der Waals surface area contributed by atoms with Crippen molar-refractivity contribution >= 4 is 5.97 Å².